The molecule has 0 aromatic heterocycles. The zero-order valence-electron chi connectivity index (χ0n) is 8.14. The number of amides is 2. The lowest BCUT2D eigenvalue weighted by Crippen LogP contribution is -2.22. The van der Waals surface area contributed by atoms with E-state index in [0.717, 1.165) is 17.3 Å². The molecule has 1 fully saturated rings. The minimum atomic E-state index is -0.455. The smallest absolute Gasteiger partial charge is 0.286 e. The molecule has 1 unspecified atom stereocenters. The van der Waals surface area contributed by atoms with Crippen molar-refractivity contribution in [3.63, 3.8) is 0 Å². The zero-order valence-corrected chi connectivity index (χ0v) is 9.72. The average molecular weight is 254 g/mol. The van der Waals surface area contributed by atoms with Gasteiger partial charge in [0.2, 0.25) is 5.91 Å². The summed E-state index contributed by atoms with van der Waals surface area (Å²) in [7, 11) is 0. The van der Waals surface area contributed by atoms with Crippen molar-refractivity contribution in [3.8, 4) is 0 Å². The Labute approximate surface area is 102 Å². The Morgan fingerprint density at radius 3 is 2.69 bits per heavy atom. The topological polar surface area (TPSA) is 46.2 Å². The first-order valence-electron chi connectivity index (χ1n) is 4.61. The summed E-state index contributed by atoms with van der Waals surface area (Å²) in [5.41, 5.74) is 0.830. The molecule has 1 saturated heterocycles. The number of halogens is 1. The molecule has 0 bridgehead atoms. The molecule has 1 heterocycles. The summed E-state index contributed by atoms with van der Waals surface area (Å²) < 4.78 is 0. The molecule has 0 radical (unpaired) electrons. The van der Waals surface area contributed by atoms with Gasteiger partial charge in [0.25, 0.3) is 5.24 Å². The fourth-order valence-electron chi connectivity index (χ4n) is 1.30. The van der Waals surface area contributed by atoms with Gasteiger partial charge in [-0.3, -0.25) is 14.9 Å². The molecule has 82 valence electrons. The summed E-state index contributed by atoms with van der Waals surface area (Å²) in [6, 6.07) is 7.31. The monoisotopic (exact) mass is 253 g/mol. The van der Waals surface area contributed by atoms with Gasteiger partial charge in [0.1, 0.15) is 5.25 Å². The first-order chi connectivity index (χ1) is 7.66. The number of hydrogen-bond acceptors (Lipinski definition) is 3. The van der Waals surface area contributed by atoms with Gasteiger partial charge in [0.05, 0.1) is 0 Å². The summed E-state index contributed by atoms with van der Waals surface area (Å²) >= 11 is 6.92. The number of nitrogens with one attached hydrogen (secondary N) is 1. The molecule has 0 aliphatic carbocycles. The quantitative estimate of drug-likeness (QED) is 0.882. The number of carbonyl (C=O) groups excluding carboxylic acids is 2. The Kier molecular flexibility index (Phi) is 3.31. The predicted molar refractivity (Wildman–Crippen MR) is 65.4 cm³/mol. The standard InChI is InChI=1S/C11H8ClNO2S/c12-8-4-2-1-3-7(8)5-6-9-10(14)13-11(15)16-9/h1-6,9H,(H,13,14,15)/b6-5-. The van der Waals surface area contributed by atoms with E-state index < -0.39 is 5.25 Å². The fraction of sp³-hybridized carbons (Fsp3) is 0.0909. The van der Waals surface area contributed by atoms with Crippen molar-refractivity contribution in [1.82, 2.24) is 5.32 Å². The van der Waals surface area contributed by atoms with Crippen LogP contribution < -0.4 is 5.32 Å². The van der Waals surface area contributed by atoms with Crippen molar-refractivity contribution in [1.29, 1.82) is 0 Å². The molecule has 2 amide bonds. The van der Waals surface area contributed by atoms with Gasteiger partial charge in [0.15, 0.2) is 0 Å². The third kappa shape index (κ3) is 2.46. The summed E-state index contributed by atoms with van der Waals surface area (Å²) in [5.74, 6) is -0.279. The van der Waals surface area contributed by atoms with Gasteiger partial charge >= 0.3 is 0 Å². The van der Waals surface area contributed by atoms with E-state index in [9.17, 15) is 9.59 Å². The second-order valence-electron chi connectivity index (χ2n) is 3.20. The van der Waals surface area contributed by atoms with Crippen LogP contribution in [0.4, 0.5) is 4.79 Å². The normalized spacial score (nSPS) is 20.4. The molecule has 16 heavy (non-hydrogen) atoms. The van der Waals surface area contributed by atoms with E-state index in [1.54, 1.807) is 18.2 Å². The number of hydrogen-bond donors (Lipinski definition) is 1. The highest BCUT2D eigenvalue weighted by molar-refractivity contribution is 8.15. The minimum absolute atomic E-state index is 0.279. The van der Waals surface area contributed by atoms with E-state index in [4.69, 9.17) is 11.6 Å². The van der Waals surface area contributed by atoms with E-state index in [1.807, 2.05) is 18.2 Å². The minimum Gasteiger partial charge on any atom is -0.286 e. The Morgan fingerprint density at radius 1 is 1.31 bits per heavy atom. The van der Waals surface area contributed by atoms with Crippen molar-refractivity contribution < 1.29 is 9.59 Å². The molecular weight excluding hydrogens is 246 g/mol. The molecule has 1 N–H and O–H groups in total. The van der Waals surface area contributed by atoms with Crippen LogP contribution in [-0.4, -0.2) is 16.4 Å². The van der Waals surface area contributed by atoms with Gasteiger partial charge < -0.3 is 0 Å². The van der Waals surface area contributed by atoms with Crippen molar-refractivity contribution in [3.05, 3.63) is 40.9 Å². The Morgan fingerprint density at radius 2 is 2.06 bits per heavy atom. The molecular formula is C11H8ClNO2S. The first-order valence-corrected chi connectivity index (χ1v) is 5.87. The Balaban J connectivity index is 2.13. The average Bonchev–Trinajstić information content (AvgIpc) is 2.56. The Hall–Kier alpha value is -1.26. The van der Waals surface area contributed by atoms with Crippen molar-refractivity contribution in [2.75, 3.05) is 0 Å². The molecule has 1 aromatic carbocycles. The highest BCUT2D eigenvalue weighted by Gasteiger charge is 2.29. The molecule has 1 aromatic rings. The summed E-state index contributed by atoms with van der Waals surface area (Å²) in [6.45, 7) is 0. The number of carbonyl (C=O) groups is 2. The second-order valence-corrected chi connectivity index (χ2v) is 4.72. The Bertz CT molecular complexity index is 473. The maximum Gasteiger partial charge on any atom is 0.286 e. The van der Waals surface area contributed by atoms with Crippen molar-refractivity contribution in [2.24, 2.45) is 0 Å². The van der Waals surface area contributed by atoms with E-state index in [0.29, 0.717) is 5.02 Å². The van der Waals surface area contributed by atoms with Gasteiger partial charge in [-0.15, -0.1) is 0 Å². The third-order valence-electron chi connectivity index (χ3n) is 2.07. The highest BCUT2D eigenvalue weighted by Crippen LogP contribution is 2.22. The first kappa shape index (κ1) is 11.2. The largest absolute Gasteiger partial charge is 0.286 e. The highest BCUT2D eigenvalue weighted by atomic mass is 35.5. The van der Waals surface area contributed by atoms with Crippen LogP contribution in [0.15, 0.2) is 30.3 Å². The van der Waals surface area contributed by atoms with E-state index >= 15 is 0 Å². The zero-order chi connectivity index (χ0) is 11.5. The van der Waals surface area contributed by atoms with Crippen molar-refractivity contribution >= 4 is 40.6 Å². The van der Waals surface area contributed by atoms with Crippen LogP contribution >= 0.6 is 23.4 Å². The van der Waals surface area contributed by atoms with Crippen LogP contribution in [0, 0.1) is 0 Å². The van der Waals surface area contributed by atoms with E-state index in [1.165, 1.54) is 0 Å². The summed E-state index contributed by atoms with van der Waals surface area (Å²) in [4.78, 5) is 22.2. The van der Waals surface area contributed by atoms with Gasteiger partial charge in [-0.25, -0.2) is 0 Å². The van der Waals surface area contributed by atoms with Crippen molar-refractivity contribution in [2.45, 2.75) is 5.25 Å². The number of imide groups is 1. The van der Waals surface area contributed by atoms with Gasteiger partial charge in [0, 0.05) is 5.02 Å². The van der Waals surface area contributed by atoms with Gasteiger partial charge in [-0.1, -0.05) is 42.0 Å². The number of benzene rings is 1. The fourth-order valence-corrected chi connectivity index (χ4v) is 2.21. The molecule has 5 heteroatoms. The maximum atomic E-state index is 11.3. The SMILES string of the molecule is O=C1NC(=O)C(/C=C\c2ccccc2Cl)S1. The summed E-state index contributed by atoms with van der Waals surface area (Å²) in [6.07, 6.45) is 3.42. The lowest BCUT2D eigenvalue weighted by Gasteiger charge is -1.98. The molecule has 1 atom stereocenters. The molecule has 2 rings (SSSR count). The van der Waals surface area contributed by atoms with Crippen LogP contribution in [0.5, 0.6) is 0 Å². The van der Waals surface area contributed by atoms with E-state index in [-0.39, 0.29) is 11.1 Å². The second kappa shape index (κ2) is 4.72. The lowest BCUT2D eigenvalue weighted by molar-refractivity contribution is -0.118. The van der Waals surface area contributed by atoms with Crippen LogP contribution in [0.25, 0.3) is 6.08 Å². The molecule has 0 spiro atoms. The molecule has 1 aliphatic heterocycles. The van der Waals surface area contributed by atoms with Crippen LogP contribution in [0.1, 0.15) is 5.56 Å². The van der Waals surface area contributed by atoms with Crippen LogP contribution in [0.3, 0.4) is 0 Å². The lowest BCUT2D eigenvalue weighted by atomic mass is 10.2. The maximum absolute atomic E-state index is 11.3. The van der Waals surface area contributed by atoms with E-state index in [2.05, 4.69) is 5.32 Å². The van der Waals surface area contributed by atoms with Crippen LogP contribution in [-0.2, 0) is 4.79 Å². The molecule has 1 aliphatic rings. The predicted octanol–water partition coefficient (Wildman–Crippen LogP) is 2.70. The van der Waals surface area contributed by atoms with Gasteiger partial charge in [-0.05, 0) is 23.4 Å². The van der Waals surface area contributed by atoms with Crippen LogP contribution in [0.2, 0.25) is 5.02 Å². The summed E-state index contributed by atoms with van der Waals surface area (Å²) in [5, 5.41) is 2.08. The molecule has 0 saturated carbocycles. The number of rotatable bonds is 2. The van der Waals surface area contributed by atoms with Gasteiger partial charge in [-0.2, -0.15) is 0 Å². The number of thioether (sulfide) groups is 1. The third-order valence-corrected chi connectivity index (χ3v) is 3.36. The molecule has 3 nitrogen and oxygen atoms in total.